The first-order valence-corrected chi connectivity index (χ1v) is 8.46. The number of carbonyl (C=O) groups excluding carboxylic acids is 1. The van der Waals surface area contributed by atoms with Gasteiger partial charge in [0.25, 0.3) is 0 Å². The molecule has 6 heteroatoms. The number of rotatable bonds is 3. The number of β-amino-alcohol motifs (C(OH)–C–C–N with tert-alkyl or cyclic N) is 1. The van der Waals surface area contributed by atoms with Crippen LogP contribution in [-0.4, -0.2) is 59.5 Å². The highest BCUT2D eigenvalue weighted by Crippen LogP contribution is 2.38. The monoisotopic (exact) mass is 337 g/mol. The van der Waals surface area contributed by atoms with Crippen LogP contribution >= 0.6 is 0 Å². The lowest BCUT2D eigenvalue weighted by Gasteiger charge is -2.44. The molecule has 5 nitrogen and oxygen atoms in total. The molecule has 1 unspecified atom stereocenters. The largest absolute Gasteiger partial charge is 0.393 e. The number of ether oxygens (including phenoxy) is 1. The van der Waals surface area contributed by atoms with Gasteiger partial charge in [0.2, 0.25) is 5.91 Å². The van der Waals surface area contributed by atoms with Crippen LogP contribution in [0.4, 0.5) is 4.39 Å². The van der Waals surface area contributed by atoms with Crippen molar-refractivity contribution in [3.8, 4) is 0 Å². The molecule has 2 fully saturated rings. The van der Waals surface area contributed by atoms with E-state index in [-0.39, 0.29) is 24.9 Å². The summed E-state index contributed by atoms with van der Waals surface area (Å²) in [6.07, 6.45) is 2.20. The average Bonchev–Trinajstić information content (AvgIpc) is 2.62. The van der Waals surface area contributed by atoms with Crippen LogP contribution in [0.15, 0.2) is 24.3 Å². The molecule has 3 rings (SSSR count). The third kappa shape index (κ3) is 3.18. The quantitative estimate of drug-likeness (QED) is 0.870. The molecule has 132 valence electrons. The summed E-state index contributed by atoms with van der Waals surface area (Å²) in [6.45, 7) is 1.28. The fourth-order valence-electron chi connectivity index (χ4n) is 3.83. The average molecular weight is 337 g/mol. The number of carbonyl (C=O) groups is 1. The first-order valence-electron chi connectivity index (χ1n) is 8.46. The second-order valence-corrected chi connectivity index (χ2v) is 6.91. The second-order valence-electron chi connectivity index (χ2n) is 6.91. The van der Waals surface area contributed by atoms with E-state index in [9.17, 15) is 19.4 Å². The number of amides is 1. The molecule has 2 heterocycles. The second kappa shape index (κ2) is 6.78. The predicted octanol–water partition coefficient (Wildman–Crippen LogP) is 1.22. The Bertz CT molecular complexity index is 585. The third-order valence-corrected chi connectivity index (χ3v) is 5.29. The Balaban J connectivity index is 1.91. The molecular formula is C18H24FNO4. The van der Waals surface area contributed by atoms with Crippen LogP contribution in [0.5, 0.6) is 0 Å². The maximum absolute atomic E-state index is 13.3. The summed E-state index contributed by atoms with van der Waals surface area (Å²) < 4.78 is 18.7. The lowest BCUT2D eigenvalue weighted by molar-refractivity contribution is -0.150. The summed E-state index contributed by atoms with van der Waals surface area (Å²) in [5, 5.41) is 19.8. The number of hydrogen-bond acceptors (Lipinski definition) is 4. The van der Waals surface area contributed by atoms with Crippen molar-refractivity contribution < 1.29 is 24.1 Å². The van der Waals surface area contributed by atoms with Gasteiger partial charge in [-0.1, -0.05) is 12.1 Å². The number of aliphatic hydroxyl groups is 2. The van der Waals surface area contributed by atoms with Gasteiger partial charge in [-0.05, 0) is 43.4 Å². The van der Waals surface area contributed by atoms with E-state index in [2.05, 4.69) is 0 Å². The van der Waals surface area contributed by atoms with Gasteiger partial charge in [0.1, 0.15) is 11.4 Å². The van der Waals surface area contributed by atoms with Gasteiger partial charge in [-0.25, -0.2) is 4.39 Å². The smallest absolute Gasteiger partial charge is 0.233 e. The van der Waals surface area contributed by atoms with Crippen molar-refractivity contribution in [2.24, 2.45) is 0 Å². The molecule has 2 aliphatic rings. The van der Waals surface area contributed by atoms with E-state index in [0.29, 0.717) is 45.4 Å². The van der Waals surface area contributed by atoms with Gasteiger partial charge < -0.3 is 19.8 Å². The molecule has 0 aliphatic carbocycles. The van der Waals surface area contributed by atoms with Gasteiger partial charge in [-0.2, -0.15) is 0 Å². The lowest BCUT2D eigenvalue weighted by atomic mass is 9.72. The minimum Gasteiger partial charge on any atom is -0.393 e. The molecule has 2 aliphatic heterocycles. The van der Waals surface area contributed by atoms with Crippen LogP contribution in [0.3, 0.4) is 0 Å². The van der Waals surface area contributed by atoms with Crippen molar-refractivity contribution in [3.05, 3.63) is 35.6 Å². The standard InChI is InChI=1S/C18H24FNO4/c19-15-4-2-14(3-5-15)18(7-10-24-11-8-18)16(22)20-9-1-6-17(23,12-20)13-21/h2-5,21,23H,1,6-13H2. The topological polar surface area (TPSA) is 70.0 Å². The molecule has 0 saturated carbocycles. The van der Waals surface area contributed by atoms with E-state index < -0.39 is 11.0 Å². The molecule has 0 radical (unpaired) electrons. The molecule has 0 bridgehead atoms. The SMILES string of the molecule is O=C(N1CCCC(O)(CO)C1)C1(c2ccc(F)cc2)CCOCC1. The van der Waals surface area contributed by atoms with Gasteiger partial charge in [0.05, 0.1) is 18.6 Å². The Morgan fingerprint density at radius 1 is 1.21 bits per heavy atom. The molecule has 1 atom stereocenters. The summed E-state index contributed by atoms with van der Waals surface area (Å²) in [4.78, 5) is 15.0. The zero-order valence-electron chi connectivity index (χ0n) is 13.7. The van der Waals surface area contributed by atoms with Crippen molar-refractivity contribution in [2.45, 2.75) is 36.7 Å². The zero-order chi connectivity index (χ0) is 17.2. The van der Waals surface area contributed by atoms with Gasteiger partial charge in [0, 0.05) is 19.8 Å². The predicted molar refractivity (Wildman–Crippen MR) is 86.0 cm³/mol. The fourth-order valence-corrected chi connectivity index (χ4v) is 3.83. The van der Waals surface area contributed by atoms with Crippen LogP contribution in [0.2, 0.25) is 0 Å². The van der Waals surface area contributed by atoms with Crippen molar-refractivity contribution in [2.75, 3.05) is 32.9 Å². The number of benzene rings is 1. The third-order valence-electron chi connectivity index (χ3n) is 5.29. The number of nitrogens with zero attached hydrogens (tertiary/aromatic N) is 1. The Kier molecular flexibility index (Phi) is 4.90. The van der Waals surface area contributed by atoms with Gasteiger partial charge in [-0.3, -0.25) is 4.79 Å². The highest BCUT2D eigenvalue weighted by Gasteiger charge is 2.46. The molecule has 1 aromatic carbocycles. The van der Waals surface area contributed by atoms with E-state index in [1.54, 1.807) is 17.0 Å². The number of aliphatic hydroxyl groups excluding tert-OH is 1. The molecular weight excluding hydrogens is 313 g/mol. The summed E-state index contributed by atoms with van der Waals surface area (Å²) in [5.41, 5.74) is -1.20. The van der Waals surface area contributed by atoms with Gasteiger partial charge in [-0.15, -0.1) is 0 Å². The number of piperidine rings is 1. The van der Waals surface area contributed by atoms with E-state index in [4.69, 9.17) is 4.74 Å². The highest BCUT2D eigenvalue weighted by molar-refractivity contribution is 5.88. The van der Waals surface area contributed by atoms with Crippen molar-refractivity contribution in [1.82, 2.24) is 4.90 Å². The summed E-state index contributed by atoms with van der Waals surface area (Å²) in [6, 6.07) is 6.08. The lowest BCUT2D eigenvalue weighted by Crippen LogP contribution is -2.57. The number of likely N-dealkylation sites (tertiary alicyclic amines) is 1. The minimum absolute atomic E-state index is 0.0658. The molecule has 2 saturated heterocycles. The van der Waals surface area contributed by atoms with Crippen molar-refractivity contribution >= 4 is 5.91 Å². The van der Waals surface area contributed by atoms with E-state index in [1.165, 1.54) is 12.1 Å². The molecule has 2 N–H and O–H groups in total. The Labute approximate surface area is 141 Å². The van der Waals surface area contributed by atoms with Crippen LogP contribution in [-0.2, 0) is 14.9 Å². The van der Waals surface area contributed by atoms with Gasteiger partial charge >= 0.3 is 0 Å². The molecule has 1 amide bonds. The first kappa shape index (κ1) is 17.3. The van der Waals surface area contributed by atoms with Crippen LogP contribution in [0.1, 0.15) is 31.2 Å². The van der Waals surface area contributed by atoms with Crippen molar-refractivity contribution in [3.63, 3.8) is 0 Å². The molecule has 0 aromatic heterocycles. The molecule has 24 heavy (non-hydrogen) atoms. The molecule has 0 spiro atoms. The zero-order valence-corrected chi connectivity index (χ0v) is 13.7. The Morgan fingerprint density at radius 2 is 1.88 bits per heavy atom. The molecule has 1 aromatic rings. The van der Waals surface area contributed by atoms with Crippen LogP contribution < -0.4 is 0 Å². The van der Waals surface area contributed by atoms with Crippen LogP contribution in [0, 0.1) is 5.82 Å². The van der Waals surface area contributed by atoms with Crippen molar-refractivity contribution in [1.29, 1.82) is 0 Å². The van der Waals surface area contributed by atoms with E-state index in [1.807, 2.05) is 0 Å². The normalized spacial score (nSPS) is 27.0. The van der Waals surface area contributed by atoms with Crippen LogP contribution in [0.25, 0.3) is 0 Å². The first-order chi connectivity index (χ1) is 11.5. The number of hydrogen-bond donors (Lipinski definition) is 2. The Hall–Kier alpha value is -1.50. The number of halogens is 1. The van der Waals surface area contributed by atoms with E-state index >= 15 is 0 Å². The minimum atomic E-state index is -1.23. The Morgan fingerprint density at radius 3 is 2.50 bits per heavy atom. The summed E-state index contributed by atoms with van der Waals surface area (Å²) in [7, 11) is 0. The maximum Gasteiger partial charge on any atom is 0.233 e. The summed E-state index contributed by atoms with van der Waals surface area (Å²) >= 11 is 0. The highest BCUT2D eigenvalue weighted by atomic mass is 19.1. The maximum atomic E-state index is 13.3. The van der Waals surface area contributed by atoms with Gasteiger partial charge in [0.15, 0.2) is 0 Å². The van der Waals surface area contributed by atoms with E-state index in [0.717, 1.165) is 5.56 Å². The fraction of sp³-hybridized carbons (Fsp3) is 0.611. The summed E-state index contributed by atoms with van der Waals surface area (Å²) in [5.74, 6) is -0.398.